The molecule has 0 radical (unpaired) electrons. The second kappa shape index (κ2) is 7.54. The predicted octanol–water partition coefficient (Wildman–Crippen LogP) is 1.11. The van der Waals surface area contributed by atoms with E-state index < -0.39 is 11.7 Å². The zero-order valence-corrected chi connectivity index (χ0v) is 11.6. The van der Waals surface area contributed by atoms with E-state index in [1.165, 1.54) is 12.1 Å². The molecule has 1 aromatic carbocycles. The highest BCUT2D eigenvalue weighted by molar-refractivity contribution is 5.75. The molecule has 20 heavy (non-hydrogen) atoms. The van der Waals surface area contributed by atoms with Gasteiger partial charge in [-0.05, 0) is 13.8 Å². The number of hydrogen-bond acceptors (Lipinski definition) is 5. The Hall–Kier alpha value is -2.02. The molecule has 0 unspecified atom stereocenters. The maximum atomic E-state index is 13.6. The summed E-state index contributed by atoms with van der Waals surface area (Å²) in [5.74, 6) is -0.902. The molecular formula is C13H20FN3O3. The molecule has 0 bridgehead atoms. The van der Waals surface area contributed by atoms with Crippen molar-refractivity contribution in [1.29, 1.82) is 0 Å². The van der Waals surface area contributed by atoms with E-state index in [4.69, 9.17) is 20.9 Å². The monoisotopic (exact) mass is 285 g/mol. The SMILES string of the molecule is CC(C)Oc1cc(NCCOCC(N)=O)c(N)cc1F. The first-order valence-corrected chi connectivity index (χ1v) is 6.25. The van der Waals surface area contributed by atoms with Crippen LogP contribution in [0.3, 0.4) is 0 Å². The molecular weight excluding hydrogens is 265 g/mol. The molecule has 0 aliphatic heterocycles. The van der Waals surface area contributed by atoms with Gasteiger partial charge in [-0.1, -0.05) is 0 Å². The number of benzene rings is 1. The summed E-state index contributed by atoms with van der Waals surface area (Å²) in [5.41, 5.74) is 11.5. The largest absolute Gasteiger partial charge is 0.488 e. The molecule has 0 fully saturated rings. The Labute approximate surface area is 117 Å². The minimum atomic E-state index is -0.529. The summed E-state index contributed by atoms with van der Waals surface area (Å²) in [7, 11) is 0. The van der Waals surface area contributed by atoms with Crippen LogP contribution in [-0.2, 0) is 9.53 Å². The van der Waals surface area contributed by atoms with E-state index in [0.29, 0.717) is 12.2 Å². The van der Waals surface area contributed by atoms with E-state index in [9.17, 15) is 9.18 Å². The topological polar surface area (TPSA) is 99.6 Å². The number of primary amides is 1. The summed E-state index contributed by atoms with van der Waals surface area (Å²) in [6.45, 7) is 4.16. The van der Waals surface area contributed by atoms with Crippen LogP contribution in [0.1, 0.15) is 13.8 Å². The minimum absolute atomic E-state index is 0.134. The van der Waals surface area contributed by atoms with Crippen molar-refractivity contribution >= 4 is 17.3 Å². The number of nitrogens with two attached hydrogens (primary N) is 2. The lowest BCUT2D eigenvalue weighted by molar-refractivity contribution is -0.122. The Balaban J connectivity index is 2.58. The summed E-state index contributed by atoms with van der Waals surface area (Å²) in [4.78, 5) is 10.5. The second-order valence-electron chi connectivity index (χ2n) is 4.48. The lowest BCUT2D eigenvalue weighted by Crippen LogP contribution is -2.20. The van der Waals surface area contributed by atoms with Gasteiger partial charge < -0.3 is 26.3 Å². The van der Waals surface area contributed by atoms with Gasteiger partial charge in [-0.25, -0.2) is 4.39 Å². The van der Waals surface area contributed by atoms with Gasteiger partial charge in [0.15, 0.2) is 11.6 Å². The third-order valence-corrected chi connectivity index (χ3v) is 2.27. The highest BCUT2D eigenvalue weighted by Gasteiger charge is 2.10. The normalized spacial score (nSPS) is 10.6. The van der Waals surface area contributed by atoms with Crippen molar-refractivity contribution in [2.75, 3.05) is 30.8 Å². The maximum absolute atomic E-state index is 13.6. The van der Waals surface area contributed by atoms with Gasteiger partial charge >= 0.3 is 0 Å². The molecule has 0 saturated heterocycles. The summed E-state index contributed by atoms with van der Waals surface area (Å²) in [6.07, 6.45) is -0.139. The van der Waals surface area contributed by atoms with Crippen LogP contribution in [0.2, 0.25) is 0 Å². The summed E-state index contributed by atoms with van der Waals surface area (Å²) in [6, 6.07) is 2.70. The first-order chi connectivity index (χ1) is 9.40. The first-order valence-electron chi connectivity index (χ1n) is 6.25. The Morgan fingerprint density at radius 1 is 1.45 bits per heavy atom. The Morgan fingerprint density at radius 3 is 2.75 bits per heavy atom. The van der Waals surface area contributed by atoms with Gasteiger partial charge in [0.1, 0.15) is 6.61 Å². The van der Waals surface area contributed by atoms with Crippen LogP contribution in [0.5, 0.6) is 5.75 Å². The van der Waals surface area contributed by atoms with Crippen molar-refractivity contribution in [2.45, 2.75) is 20.0 Å². The first kappa shape index (κ1) is 16.0. The van der Waals surface area contributed by atoms with E-state index in [0.717, 1.165) is 0 Å². The summed E-state index contributed by atoms with van der Waals surface area (Å²) >= 11 is 0. The van der Waals surface area contributed by atoms with E-state index in [1.54, 1.807) is 13.8 Å². The summed E-state index contributed by atoms with van der Waals surface area (Å²) < 4.78 is 23.9. The van der Waals surface area contributed by atoms with E-state index in [-0.39, 0.29) is 30.8 Å². The predicted molar refractivity (Wildman–Crippen MR) is 75.1 cm³/mol. The van der Waals surface area contributed by atoms with E-state index in [1.807, 2.05) is 0 Å². The van der Waals surface area contributed by atoms with Gasteiger partial charge in [-0.3, -0.25) is 4.79 Å². The molecule has 6 nitrogen and oxygen atoms in total. The molecule has 5 N–H and O–H groups in total. The summed E-state index contributed by atoms with van der Waals surface area (Å²) in [5, 5.41) is 2.98. The number of nitrogens with one attached hydrogen (secondary N) is 1. The average molecular weight is 285 g/mol. The van der Waals surface area contributed by atoms with Crippen LogP contribution in [0, 0.1) is 5.82 Å². The molecule has 0 aliphatic rings. The number of rotatable bonds is 8. The van der Waals surface area contributed by atoms with Gasteiger partial charge in [0.2, 0.25) is 5.91 Å². The lowest BCUT2D eigenvalue weighted by atomic mass is 10.2. The lowest BCUT2D eigenvalue weighted by Gasteiger charge is -2.15. The number of anilines is 2. The molecule has 0 atom stereocenters. The smallest absolute Gasteiger partial charge is 0.243 e. The number of halogens is 1. The average Bonchev–Trinajstić information content (AvgIpc) is 2.33. The van der Waals surface area contributed by atoms with Crippen molar-refractivity contribution in [3.8, 4) is 5.75 Å². The van der Waals surface area contributed by atoms with Gasteiger partial charge in [0.05, 0.1) is 24.1 Å². The fourth-order valence-corrected chi connectivity index (χ4v) is 1.50. The van der Waals surface area contributed by atoms with Crippen LogP contribution in [-0.4, -0.2) is 31.8 Å². The van der Waals surface area contributed by atoms with Gasteiger partial charge in [-0.2, -0.15) is 0 Å². The molecule has 0 saturated carbocycles. The maximum Gasteiger partial charge on any atom is 0.243 e. The number of carbonyl (C=O) groups is 1. The van der Waals surface area contributed by atoms with Crippen molar-refractivity contribution in [3.05, 3.63) is 17.9 Å². The molecule has 7 heteroatoms. The van der Waals surface area contributed by atoms with Crippen LogP contribution in [0.4, 0.5) is 15.8 Å². The number of hydrogen-bond donors (Lipinski definition) is 3. The van der Waals surface area contributed by atoms with Gasteiger partial charge in [0.25, 0.3) is 0 Å². The van der Waals surface area contributed by atoms with Crippen LogP contribution in [0.25, 0.3) is 0 Å². The van der Waals surface area contributed by atoms with Crippen molar-refractivity contribution in [1.82, 2.24) is 0 Å². The van der Waals surface area contributed by atoms with Gasteiger partial charge in [-0.15, -0.1) is 0 Å². The molecule has 0 heterocycles. The van der Waals surface area contributed by atoms with Crippen molar-refractivity contribution in [2.24, 2.45) is 5.73 Å². The van der Waals surface area contributed by atoms with Crippen molar-refractivity contribution < 1.29 is 18.7 Å². The third-order valence-electron chi connectivity index (χ3n) is 2.27. The Bertz CT molecular complexity index is 466. The molecule has 1 aromatic rings. The fraction of sp³-hybridized carbons (Fsp3) is 0.462. The third kappa shape index (κ3) is 5.31. The molecule has 112 valence electrons. The zero-order chi connectivity index (χ0) is 15.1. The zero-order valence-electron chi connectivity index (χ0n) is 11.6. The Morgan fingerprint density at radius 2 is 2.15 bits per heavy atom. The van der Waals surface area contributed by atoms with Crippen LogP contribution in [0.15, 0.2) is 12.1 Å². The molecule has 1 rings (SSSR count). The highest BCUT2D eigenvalue weighted by atomic mass is 19.1. The standard InChI is InChI=1S/C13H20FN3O3/c1-8(2)20-12-6-11(10(15)5-9(12)14)17-3-4-19-7-13(16)18/h5-6,8,17H,3-4,7,15H2,1-2H3,(H2,16,18). The molecule has 0 aliphatic carbocycles. The highest BCUT2D eigenvalue weighted by Crippen LogP contribution is 2.28. The molecule has 1 amide bonds. The molecule has 0 aromatic heterocycles. The number of ether oxygens (including phenoxy) is 2. The number of nitrogen functional groups attached to an aromatic ring is 1. The minimum Gasteiger partial charge on any atom is -0.488 e. The molecule has 0 spiro atoms. The second-order valence-corrected chi connectivity index (χ2v) is 4.48. The van der Waals surface area contributed by atoms with Crippen molar-refractivity contribution in [3.63, 3.8) is 0 Å². The van der Waals surface area contributed by atoms with Crippen LogP contribution < -0.4 is 21.5 Å². The van der Waals surface area contributed by atoms with Gasteiger partial charge in [0, 0.05) is 18.7 Å². The fourth-order valence-electron chi connectivity index (χ4n) is 1.50. The quantitative estimate of drug-likeness (QED) is 0.491. The van der Waals surface area contributed by atoms with E-state index in [2.05, 4.69) is 5.32 Å². The Kier molecular flexibility index (Phi) is 6.05. The van der Waals surface area contributed by atoms with Crippen LogP contribution >= 0.6 is 0 Å². The van der Waals surface area contributed by atoms with E-state index >= 15 is 0 Å². The number of amides is 1. The number of carbonyl (C=O) groups excluding carboxylic acids is 1.